The van der Waals surface area contributed by atoms with E-state index in [0.29, 0.717) is 0 Å². The van der Waals surface area contributed by atoms with Gasteiger partial charge in [-0.15, -0.1) is 0 Å². The second kappa shape index (κ2) is 6.40. The Labute approximate surface area is 121 Å². The highest BCUT2D eigenvalue weighted by atomic mass is 16.6. The molecule has 110 valence electrons. The van der Waals surface area contributed by atoms with Crippen molar-refractivity contribution in [2.24, 2.45) is 5.92 Å². The molecular formula is C17H25NO2. The molecule has 0 heterocycles. The molecule has 20 heavy (non-hydrogen) atoms. The van der Waals surface area contributed by atoms with Crippen molar-refractivity contribution in [2.75, 3.05) is 0 Å². The van der Waals surface area contributed by atoms with E-state index < -0.39 is 5.60 Å². The summed E-state index contributed by atoms with van der Waals surface area (Å²) in [5.74, 6) is -0.0569. The van der Waals surface area contributed by atoms with Crippen molar-refractivity contribution < 1.29 is 9.53 Å². The van der Waals surface area contributed by atoms with Crippen LogP contribution >= 0.6 is 0 Å². The highest BCUT2D eigenvalue weighted by Gasteiger charge is 2.35. The van der Waals surface area contributed by atoms with Gasteiger partial charge in [-0.1, -0.05) is 36.8 Å². The molecule has 1 aromatic rings. The molecule has 0 amide bonds. The number of nitrogens with one attached hydrogen (secondary N) is 1. The zero-order valence-corrected chi connectivity index (χ0v) is 12.7. The summed E-state index contributed by atoms with van der Waals surface area (Å²) in [6, 6.07) is 10.5. The van der Waals surface area contributed by atoms with Gasteiger partial charge < -0.3 is 10.1 Å². The van der Waals surface area contributed by atoms with Gasteiger partial charge in [0.1, 0.15) is 5.60 Å². The minimum absolute atomic E-state index is 0.00191. The molecule has 1 N–H and O–H groups in total. The molecular weight excluding hydrogens is 250 g/mol. The van der Waals surface area contributed by atoms with E-state index in [4.69, 9.17) is 4.74 Å². The molecule has 0 aliphatic heterocycles. The molecule has 0 radical (unpaired) electrons. The van der Waals surface area contributed by atoms with Gasteiger partial charge in [0.05, 0.1) is 5.92 Å². The number of rotatable bonds is 4. The van der Waals surface area contributed by atoms with Crippen LogP contribution < -0.4 is 5.32 Å². The fraction of sp³-hybridized carbons (Fsp3) is 0.588. The number of hydrogen-bond donors (Lipinski definition) is 1. The van der Waals surface area contributed by atoms with Crippen LogP contribution in [0, 0.1) is 5.92 Å². The maximum absolute atomic E-state index is 12.2. The number of hydrogen-bond acceptors (Lipinski definition) is 3. The monoisotopic (exact) mass is 275 g/mol. The van der Waals surface area contributed by atoms with E-state index in [1.54, 1.807) is 0 Å². The van der Waals surface area contributed by atoms with Crippen LogP contribution in [0.25, 0.3) is 0 Å². The van der Waals surface area contributed by atoms with Crippen molar-refractivity contribution in [3.8, 4) is 0 Å². The van der Waals surface area contributed by atoms with Crippen LogP contribution in [0.15, 0.2) is 30.3 Å². The predicted molar refractivity (Wildman–Crippen MR) is 80.3 cm³/mol. The summed E-state index contributed by atoms with van der Waals surface area (Å²) >= 11 is 0. The second-order valence-corrected chi connectivity index (χ2v) is 6.54. The summed E-state index contributed by atoms with van der Waals surface area (Å²) in [4.78, 5) is 12.2. The van der Waals surface area contributed by atoms with Crippen LogP contribution in [-0.4, -0.2) is 17.6 Å². The number of esters is 1. The third-order valence-electron chi connectivity index (χ3n) is 3.64. The van der Waals surface area contributed by atoms with Gasteiger partial charge in [0.2, 0.25) is 0 Å². The summed E-state index contributed by atoms with van der Waals surface area (Å²) < 4.78 is 5.52. The van der Waals surface area contributed by atoms with Gasteiger partial charge in [-0.25, -0.2) is 0 Å². The SMILES string of the molecule is CC(C)(C)OC(=O)[C@H]1CCC[C@@H]1NCc1ccccc1. The van der Waals surface area contributed by atoms with Crippen LogP contribution in [-0.2, 0) is 16.1 Å². The minimum atomic E-state index is -0.399. The van der Waals surface area contributed by atoms with E-state index in [1.165, 1.54) is 5.56 Å². The Hall–Kier alpha value is -1.35. The summed E-state index contributed by atoms with van der Waals surface area (Å²) in [7, 11) is 0. The van der Waals surface area contributed by atoms with Crippen molar-refractivity contribution in [3.63, 3.8) is 0 Å². The first-order valence-electron chi connectivity index (χ1n) is 7.46. The zero-order chi connectivity index (χ0) is 14.6. The Kier molecular flexibility index (Phi) is 4.81. The quantitative estimate of drug-likeness (QED) is 0.857. The topological polar surface area (TPSA) is 38.3 Å². The van der Waals surface area contributed by atoms with Gasteiger partial charge in [-0.05, 0) is 39.2 Å². The highest BCUT2D eigenvalue weighted by Crippen LogP contribution is 2.28. The Morgan fingerprint density at radius 2 is 1.95 bits per heavy atom. The normalized spacial score (nSPS) is 22.8. The van der Waals surface area contributed by atoms with Crippen LogP contribution in [0.2, 0.25) is 0 Å². The van der Waals surface area contributed by atoms with Crippen LogP contribution in [0.5, 0.6) is 0 Å². The summed E-state index contributed by atoms with van der Waals surface area (Å²) in [6.07, 6.45) is 3.08. The molecule has 0 bridgehead atoms. The number of ether oxygens (including phenoxy) is 1. The average molecular weight is 275 g/mol. The largest absolute Gasteiger partial charge is 0.460 e. The average Bonchev–Trinajstić information content (AvgIpc) is 2.84. The van der Waals surface area contributed by atoms with E-state index in [1.807, 2.05) is 39.0 Å². The van der Waals surface area contributed by atoms with Crippen molar-refractivity contribution in [3.05, 3.63) is 35.9 Å². The van der Waals surface area contributed by atoms with E-state index in [-0.39, 0.29) is 17.9 Å². The Morgan fingerprint density at radius 3 is 2.60 bits per heavy atom. The summed E-state index contributed by atoms with van der Waals surface area (Å²) in [6.45, 7) is 6.58. The van der Waals surface area contributed by atoms with E-state index in [0.717, 1.165) is 25.8 Å². The fourth-order valence-electron chi connectivity index (χ4n) is 2.71. The summed E-state index contributed by atoms with van der Waals surface area (Å²) in [5.41, 5.74) is 0.853. The van der Waals surface area contributed by atoms with Gasteiger partial charge in [0.15, 0.2) is 0 Å². The molecule has 1 aromatic carbocycles. The maximum atomic E-state index is 12.2. The lowest BCUT2D eigenvalue weighted by Gasteiger charge is -2.25. The lowest BCUT2D eigenvalue weighted by atomic mass is 10.0. The second-order valence-electron chi connectivity index (χ2n) is 6.54. The third-order valence-corrected chi connectivity index (χ3v) is 3.64. The summed E-state index contributed by atoms with van der Waals surface area (Å²) in [5, 5.41) is 3.51. The molecule has 2 atom stereocenters. The predicted octanol–water partition coefficient (Wildman–Crippen LogP) is 3.29. The first-order valence-corrected chi connectivity index (χ1v) is 7.46. The highest BCUT2D eigenvalue weighted by molar-refractivity contribution is 5.74. The smallest absolute Gasteiger partial charge is 0.311 e. The van der Waals surface area contributed by atoms with E-state index in [9.17, 15) is 4.79 Å². The molecule has 0 spiro atoms. The molecule has 0 unspecified atom stereocenters. The van der Waals surface area contributed by atoms with Gasteiger partial charge in [0.25, 0.3) is 0 Å². The first kappa shape index (κ1) is 15.0. The van der Waals surface area contributed by atoms with Crippen molar-refractivity contribution >= 4 is 5.97 Å². The van der Waals surface area contributed by atoms with E-state index in [2.05, 4.69) is 17.4 Å². The molecule has 3 nitrogen and oxygen atoms in total. The molecule has 0 aromatic heterocycles. The number of benzene rings is 1. The van der Waals surface area contributed by atoms with Gasteiger partial charge in [0, 0.05) is 12.6 Å². The maximum Gasteiger partial charge on any atom is 0.311 e. The van der Waals surface area contributed by atoms with Crippen LogP contribution in [0.3, 0.4) is 0 Å². The lowest BCUT2D eigenvalue weighted by Crippen LogP contribution is -2.39. The first-order chi connectivity index (χ1) is 9.46. The standard InChI is InChI=1S/C17H25NO2/c1-17(2,3)20-16(19)14-10-7-11-15(14)18-12-13-8-5-4-6-9-13/h4-6,8-9,14-15,18H,7,10-12H2,1-3H3/t14-,15-/m0/s1. The molecule has 1 aliphatic carbocycles. The van der Waals surface area contributed by atoms with Gasteiger partial charge >= 0.3 is 5.97 Å². The van der Waals surface area contributed by atoms with Crippen molar-refractivity contribution in [2.45, 2.75) is 58.2 Å². The molecule has 2 rings (SSSR count). The van der Waals surface area contributed by atoms with Crippen molar-refractivity contribution in [1.29, 1.82) is 0 Å². The Balaban J connectivity index is 1.89. The van der Waals surface area contributed by atoms with Crippen molar-refractivity contribution in [1.82, 2.24) is 5.32 Å². The Bertz CT molecular complexity index is 436. The third kappa shape index (κ3) is 4.34. The molecule has 0 saturated heterocycles. The molecule has 1 aliphatic rings. The van der Waals surface area contributed by atoms with Gasteiger partial charge in [-0.2, -0.15) is 0 Å². The molecule has 1 saturated carbocycles. The minimum Gasteiger partial charge on any atom is -0.460 e. The van der Waals surface area contributed by atoms with E-state index >= 15 is 0 Å². The van der Waals surface area contributed by atoms with Gasteiger partial charge in [-0.3, -0.25) is 4.79 Å². The Morgan fingerprint density at radius 1 is 1.25 bits per heavy atom. The molecule has 3 heteroatoms. The number of carbonyl (C=O) groups is 1. The molecule has 1 fully saturated rings. The lowest BCUT2D eigenvalue weighted by molar-refractivity contribution is -0.160. The fourth-order valence-corrected chi connectivity index (χ4v) is 2.71. The number of carbonyl (C=O) groups excluding carboxylic acids is 1. The van der Waals surface area contributed by atoms with Crippen LogP contribution in [0.1, 0.15) is 45.6 Å². The van der Waals surface area contributed by atoms with Crippen LogP contribution in [0.4, 0.5) is 0 Å². The zero-order valence-electron chi connectivity index (χ0n) is 12.7.